The molecular formula is C13H18N2O3. The Kier molecular flexibility index (Phi) is 4.55. The lowest BCUT2D eigenvalue weighted by molar-refractivity contribution is -0.123. The quantitative estimate of drug-likeness (QED) is 0.638. The number of carbonyl (C=O) groups is 1. The van der Waals surface area contributed by atoms with Crippen LogP contribution in [0.4, 0.5) is 0 Å². The monoisotopic (exact) mass is 250 g/mol. The van der Waals surface area contributed by atoms with Crippen LogP contribution in [0.25, 0.3) is 0 Å². The third-order valence-corrected chi connectivity index (χ3v) is 2.84. The highest BCUT2D eigenvalue weighted by molar-refractivity contribution is 5.82. The molecule has 98 valence electrons. The van der Waals surface area contributed by atoms with Gasteiger partial charge in [0.1, 0.15) is 12.4 Å². The van der Waals surface area contributed by atoms with Crippen molar-refractivity contribution in [1.29, 1.82) is 0 Å². The molecule has 1 aliphatic rings. The number of hydrogen-bond acceptors (Lipinski definition) is 4. The molecule has 1 aliphatic heterocycles. The van der Waals surface area contributed by atoms with E-state index in [9.17, 15) is 9.90 Å². The Morgan fingerprint density at radius 3 is 2.89 bits per heavy atom. The Labute approximate surface area is 106 Å². The van der Waals surface area contributed by atoms with E-state index >= 15 is 0 Å². The average molecular weight is 250 g/mol. The zero-order valence-corrected chi connectivity index (χ0v) is 10.1. The van der Waals surface area contributed by atoms with E-state index in [0.29, 0.717) is 26.1 Å². The van der Waals surface area contributed by atoms with Crippen LogP contribution >= 0.6 is 0 Å². The lowest BCUT2D eigenvalue weighted by atomic mass is 10.2. The van der Waals surface area contributed by atoms with Crippen molar-refractivity contribution in [2.75, 3.05) is 19.7 Å². The van der Waals surface area contributed by atoms with Crippen LogP contribution in [-0.4, -0.2) is 42.9 Å². The molecule has 1 aromatic carbocycles. The molecule has 1 saturated heterocycles. The lowest BCUT2D eigenvalue weighted by Crippen LogP contribution is -2.41. The molecule has 0 aromatic heterocycles. The van der Waals surface area contributed by atoms with Crippen LogP contribution in [0.3, 0.4) is 0 Å². The molecule has 2 atom stereocenters. The second-order valence-electron chi connectivity index (χ2n) is 4.30. The molecule has 2 unspecified atom stereocenters. The van der Waals surface area contributed by atoms with Gasteiger partial charge in [-0.05, 0) is 18.6 Å². The van der Waals surface area contributed by atoms with Crippen LogP contribution < -0.4 is 15.4 Å². The maximum absolute atomic E-state index is 11.7. The molecule has 0 bridgehead atoms. The highest BCUT2D eigenvalue weighted by atomic mass is 16.5. The molecule has 0 spiro atoms. The zero-order chi connectivity index (χ0) is 12.8. The Hall–Kier alpha value is -1.59. The first kappa shape index (κ1) is 12.9. The Morgan fingerprint density at radius 1 is 1.44 bits per heavy atom. The predicted octanol–water partition coefficient (Wildman–Crippen LogP) is -0.0956. The number of nitrogens with one attached hydrogen (secondary N) is 2. The fourth-order valence-corrected chi connectivity index (χ4v) is 1.90. The summed E-state index contributed by atoms with van der Waals surface area (Å²) in [4.78, 5) is 11.7. The average Bonchev–Trinajstić information content (AvgIpc) is 2.82. The van der Waals surface area contributed by atoms with Crippen LogP contribution in [-0.2, 0) is 4.79 Å². The van der Waals surface area contributed by atoms with Crippen LogP contribution in [0.5, 0.6) is 5.75 Å². The first-order chi connectivity index (χ1) is 8.75. The normalized spacial score (nSPS) is 22.7. The van der Waals surface area contributed by atoms with E-state index in [1.165, 1.54) is 0 Å². The molecule has 18 heavy (non-hydrogen) atoms. The van der Waals surface area contributed by atoms with E-state index in [2.05, 4.69) is 10.6 Å². The van der Waals surface area contributed by atoms with Gasteiger partial charge in [-0.1, -0.05) is 18.2 Å². The van der Waals surface area contributed by atoms with Gasteiger partial charge in [-0.15, -0.1) is 0 Å². The summed E-state index contributed by atoms with van der Waals surface area (Å²) in [5.41, 5.74) is 0. The maximum atomic E-state index is 11.7. The molecular weight excluding hydrogens is 232 g/mol. The van der Waals surface area contributed by atoms with Crippen LogP contribution in [0, 0.1) is 0 Å². The second-order valence-corrected chi connectivity index (χ2v) is 4.30. The SMILES string of the molecule is O=C(NCCOc1ccccc1)C1CC(O)CN1. The summed E-state index contributed by atoms with van der Waals surface area (Å²) >= 11 is 0. The van der Waals surface area contributed by atoms with Gasteiger partial charge in [-0.25, -0.2) is 0 Å². The zero-order valence-electron chi connectivity index (χ0n) is 10.1. The maximum Gasteiger partial charge on any atom is 0.237 e. The molecule has 5 heteroatoms. The van der Waals surface area contributed by atoms with E-state index in [0.717, 1.165) is 5.75 Å². The van der Waals surface area contributed by atoms with Gasteiger partial charge in [0.15, 0.2) is 0 Å². The highest BCUT2D eigenvalue weighted by Crippen LogP contribution is 2.08. The van der Waals surface area contributed by atoms with E-state index < -0.39 is 6.10 Å². The van der Waals surface area contributed by atoms with Gasteiger partial charge in [0.2, 0.25) is 5.91 Å². The number of aliphatic hydroxyl groups is 1. The van der Waals surface area contributed by atoms with Crippen molar-refractivity contribution in [3.63, 3.8) is 0 Å². The molecule has 1 heterocycles. The number of para-hydroxylation sites is 1. The van der Waals surface area contributed by atoms with Gasteiger partial charge in [-0.2, -0.15) is 0 Å². The number of rotatable bonds is 5. The summed E-state index contributed by atoms with van der Waals surface area (Å²) in [6.45, 7) is 1.38. The van der Waals surface area contributed by atoms with Gasteiger partial charge >= 0.3 is 0 Å². The Morgan fingerprint density at radius 2 is 2.22 bits per heavy atom. The van der Waals surface area contributed by atoms with Crippen molar-refractivity contribution in [3.05, 3.63) is 30.3 Å². The van der Waals surface area contributed by atoms with E-state index in [4.69, 9.17) is 4.74 Å². The van der Waals surface area contributed by atoms with Gasteiger partial charge in [0.05, 0.1) is 18.7 Å². The van der Waals surface area contributed by atoms with Crippen molar-refractivity contribution in [2.45, 2.75) is 18.6 Å². The molecule has 1 fully saturated rings. The fraction of sp³-hybridized carbons (Fsp3) is 0.462. The molecule has 1 amide bonds. The van der Waals surface area contributed by atoms with Crippen LogP contribution in [0.1, 0.15) is 6.42 Å². The Balaban J connectivity index is 1.62. The number of aliphatic hydroxyl groups excluding tert-OH is 1. The van der Waals surface area contributed by atoms with E-state index in [1.54, 1.807) is 0 Å². The van der Waals surface area contributed by atoms with E-state index in [1.807, 2.05) is 30.3 Å². The number of amides is 1. The molecule has 0 aliphatic carbocycles. The van der Waals surface area contributed by atoms with E-state index in [-0.39, 0.29) is 11.9 Å². The molecule has 1 aromatic rings. The number of benzene rings is 1. The molecule has 3 N–H and O–H groups in total. The first-order valence-electron chi connectivity index (χ1n) is 6.13. The molecule has 0 saturated carbocycles. The summed E-state index contributed by atoms with van der Waals surface area (Å²) < 4.78 is 5.46. The summed E-state index contributed by atoms with van der Waals surface area (Å²) in [7, 11) is 0. The number of carbonyl (C=O) groups excluding carboxylic acids is 1. The van der Waals surface area contributed by atoms with Gasteiger partial charge in [0, 0.05) is 6.54 Å². The topological polar surface area (TPSA) is 70.6 Å². The van der Waals surface area contributed by atoms with Crippen LogP contribution in [0.15, 0.2) is 30.3 Å². The first-order valence-corrected chi connectivity index (χ1v) is 6.13. The smallest absolute Gasteiger partial charge is 0.237 e. The molecule has 2 rings (SSSR count). The predicted molar refractivity (Wildman–Crippen MR) is 67.4 cm³/mol. The third kappa shape index (κ3) is 3.72. The third-order valence-electron chi connectivity index (χ3n) is 2.84. The molecule has 5 nitrogen and oxygen atoms in total. The summed E-state index contributed by atoms with van der Waals surface area (Å²) in [6.07, 6.45) is 0.0621. The number of β-amino-alcohol motifs (C(OH)–C–C–N with tert-alkyl or cyclic N) is 1. The summed E-state index contributed by atoms with van der Waals surface area (Å²) in [5, 5.41) is 15.0. The van der Waals surface area contributed by atoms with Crippen molar-refractivity contribution in [3.8, 4) is 5.75 Å². The van der Waals surface area contributed by atoms with Crippen molar-refractivity contribution in [2.24, 2.45) is 0 Å². The second kappa shape index (κ2) is 6.37. The van der Waals surface area contributed by atoms with Gasteiger partial charge in [0.25, 0.3) is 0 Å². The Bertz CT molecular complexity index is 383. The molecule has 0 radical (unpaired) electrons. The lowest BCUT2D eigenvalue weighted by Gasteiger charge is -2.11. The van der Waals surface area contributed by atoms with Gasteiger partial charge in [-0.3, -0.25) is 4.79 Å². The van der Waals surface area contributed by atoms with Crippen molar-refractivity contribution < 1.29 is 14.6 Å². The van der Waals surface area contributed by atoms with Crippen molar-refractivity contribution >= 4 is 5.91 Å². The number of hydrogen-bond donors (Lipinski definition) is 3. The largest absolute Gasteiger partial charge is 0.492 e. The fourth-order valence-electron chi connectivity index (χ4n) is 1.90. The number of ether oxygens (including phenoxy) is 1. The summed E-state index contributed by atoms with van der Waals surface area (Å²) in [6, 6.07) is 9.19. The highest BCUT2D eigenvalue weighted by Gasteiger charge is 2.27. The van der Waals surface area contributed by atoms with Crippen molar-refractivity contribution in [1.82, 2.24) is 10.6 Å². The minimum Gasteiger partial charge on any atom is -0.492 e. The van der Waals surface area contributed by atoms with Gasteiger partial charge < -0.3 is 20.5 Å². The summed E-state index contributed by atoms with van der Waals surface area (Å²) in [5.74, 6) is 0.712. The minimum atomic E-state index is -0.415. The van der Waals surface area contributed by atoms with Crippen LogP contribution in [0.2, 0.25) is 0 Å². The standard InChI is InChI=1S/C13H18N2O3/c16-10-8-12(15-9-10)13(17)14-6-7-18-11-4-2-1-3-5-11/h1-5,10,12,15-16H,6-9H2,(H,14,17). The minimum absolute atomic E-state index is 0.0804.